The highest BCUT2D eigenvalue weighted by Crippen LogP contribution is 2.29. The molecule has 1 aliphatic rings. The third kappa shape index (κ3) is 3.53. The van der Waals surface area contributed by atoms with Crippen molar-refractivity contribution in [3.63, 3.8) is 0 Å². The maximum absolute atomic E-state index is 11.9. The van der Waals surface area contributed by atoms with E-state index >= 15 is 0 Å². The summed E-state index contributed by atoms with van der Waals surface area (Å²) in [6.45, 7) is 3.03. The van der Waals surface area contributed by atoms with E-state index in [1.54, 1.807) is 18.9 Å². The number of methoxy groups -OCH3 is 1. The van der Waals surface area contributed by atoms with E-state index in [-0.39, 0.29) is 11.8 Å². The number of carbonyl (C=O) groups is 1. The molecule has 0 saturated carbocycles. The summed E-state index contributed by atoms with van der Waals surface area (Å²) in [5.41, 5.74) is 0.855. The second kappa shape index (κ2) is 7.21. The zero-order valence-electron chi connectivity index (χ0n) is 13.7. The van der Waals surface area contributed by atoms with Gasteiger partial charge in [-0.05, 0) is 31.9 Å². The summed E-state index contributed by atoms with van der Waals surface area (Å²) in [4.78, 5) is 18.2. The summed E-state index contributed by atoms with van der Waals surface area (Å²) < 4.78 is 10.7. The molecule has 3 rings (SSSR count). The molecule has 6 nitrogen and oxygen atoms in total. The van der Waals surface area contributed by atoms with Crippen LogP contribution in [0.25, 0.3) is 11.4 Å². The number of hydrogen-bond donors (Lipinski definition) is 0. The van der Waals surface area contributed by atoms with E-state index in [0.29, 0.717) is 24.8 Å². The van der Waals surface area contributed by atoms with E-state index in [0.717, 1.165) is 24.2 Å². The van der Waals surface area contributed by atoms with Crippen LogP contribution in [0.5, 0.6) is 5.75 Å². The van der Waals surface area contributed by atoms with E-state index in [9.17, 15) is 4.79 Å². The highest BCUT2D eigenvalue weighted by molar-refractivity contribution is 6.30. The largest absolute Gasteiger partial charge is 0.497 e. The molecule has 7 heteroatoms. The van der Waals surface area contributed by atoms with Crippen LogP contribution in [0.1, 0.15) is 31.6 Å². The number of alkyl halides is 1. The molecular weight excluding hydrogens is 330 g/mol. The minimum atomic E-state index is -0.482. The molecule has 0 aliphatic carbocycles. The van der Waals surface area contributed by atoms with Gasteiger partial charge >= 0.3 is 0 Å². The number of hydrogen-bond acceptors (Lipinski definition) is 5. The van der Waals surface area contributed by atoms with Crippen LogP contribution in [0.2, 0.25) is 0 Å². The molecule has 1 amide bonds. The average molecular weight is 350 g/mol. The molecule has 0 N–H and O–H groups in total. The summed E-state index contributed by atoms with van der Waals surface area (Å²) in [6, 6.07) is 7.55. The lowest BCUT2D eigenvalue weighted by atomic mass is 9.96. The van der Waals surface area contributed by atoms with Crippen LogP contribution < -0.4 is 4.74 Å². The third-order valence-corrected chi connectivity index (χ3v) is 4.45. The van der Waals surface area contributed by atoms with Gasteiger partial charge in [0.1, 0.15) is 11.1 Å². The van der Waals surface area contributed by atoms with Crippen LogP contribution >= 0.6 is 11.6 Å². The first-order valence-corrected chi connectivity index (χ1v) is 8.43. The molecule has 2 aromatic rings. The second-order valence-corrected chi connectivity index (χ2v) is 6.56. The predicted octanol–water partition coefficient (Wildman–Crippen LogP) is 3.08. The van der Waals surface area contributed by atoms with Gasteiger partial charge < -0.3 is 14.2 Å². The molecule has 1 aromatic heterocycles. The lowest BCUT2D eigenvalue weighted by molar-refractivity contribution is -0.131. The zero-order chi connectivity index (χ0) is 17.1. The van der Waals surface area contributed by atoms with Gasteiger partial charge in [-0.25, -0.2) is 0 Å². The van der Waals surface area contributed by atoms with Crippen molar-refractivity contribution in [2.24, 2.45) is 0 Å². The molecule has 0 radical (unpaired) electrons. The van der Waals surface area contributed by atoms with Crippen LogP contribution in [-0.2, 0) is 4.79 Å². The van der Waals surface area contributed by atoms with E-state index < -0.39 is 5.38 Å². The molecule has 1 aromatic carbocycles. The summed E-state index contributed by atoms with van der Waals surface area (Å²) in [5.74, 6) is 2.08. The Morgan fingerprint density at radius 1 is 1.42 bits per heavy atom. The Morgan fingerprint density at radius 2 is 2.17 bits per heavy atom. The lowest BCUT2D eigenvalue weighted by Crippen LogP contribution is -2.41. The van der Waals surface area contributed by atoms with Gasteiger partial charge in [-0.3, -0.25) is 4.79 Å². The monoisotopic (exact) mass is 349 g/mol. The molecule has 1 fully saturated rings. The van der Waals surface area contributed by atoms with E-state index in [4.69, 9.17) is 20.9 Å². The van der Waals surface area contributed by atoms with Crippen molar-refractivity contribution < 1.29 is 14.1 Å². The number of aromatic nitrogens is 2. The standard InChI is InChI=1S/C17H20ClN3O3/c1-11(18)17(22)21-8-6-12(7-9-21)16-19-15(20-24-16)13-4-3-5-14(10-13)23-2/h3-5,10-12H,6-9H2,1-2H3. The quantitative estimate of drug-likeness (QED) is 0.793. The van der Waals surface area contributed by atoms with Gasteiger partial charge in [0, 0.05) is 24.6 Å². The number of nitrogens with zero attached hydrogens (tertiary/aromatic N) is 3. The van der Waals surface area contributed by atoms with E-state index in [1.165, 1.54) is 0 Å². The Labute approximate surface area is 145 Å². The number of piperidine rings is 1. The maximum Gasteiger partial charge on any atom is 0.240 e. The van der Waals surface area contributed by atoms with Crippen LogP contribution in [0.3, 0.4) is 0 Å². The smallest absolute Gasteiger partial charge is 0.240 e. The zero-order valence-corrected chi connectivity index (χ0v) is 14.5. The maximum atomic E-state index is 11.9. The van der Waals surface area contributed by atoms with Crippen molar-refractivity contribution in [2.75, 3.05) is 20.2 Å². The number of halogens is 1. The van der Waals surface area contributed by atoms with Crippen LogP contribution in [0.4, 0.5) is 0 Å². The van der Waals surface area contributed by atoms with Crippen LogP contribution in [0.15, 0.2) is 28.8 Å². The summed E-state index contributed by atoms with van der Waals surface area (Å²) in [7, 11) is 1.62. The fraction of sp³-hybridized carbons (Fsp3) is 0.471. The predicted molar refractivity (Wildman–Crippen MR) is 90.2 cm³/mol. The number of carbonyl (C=O) groups excluding carboxylic acids is 1. The molecule has 1 atom stereocenters. The Kier molecular flexibility index (Phi) is 5.04. The van der Waals surface area contributed by atoms with E-state index in [2.05, 4.69) is 10.1 Å². The van der Waals surface area contributed by atoms with Gasteiger partial charge in [0.25, 0.3) is 0 Å². The molecule has 0 bridgehead atoms. The van der Waals surface area contributed by atoms with Gasteiger partial charge in [-0.15, -0.1) is 11.6 Å². The van der Waals surface area contributed by atoms with Gasteiger partial charge in [0.05, 0.1) is 7.11 Å². The number of rotatable bonds is 4. The third-order valence-electron chi connectivity index (χ3n) is 4.27. The highest BCUT2D eigenvalue weighted by atomic mass is 35.5. The SMILES string of the molecule is COc1cccc(-c2noc(C3CCN(C(=O)C(C)Cl)CC3)n2)c1. The van der Waals surface area contributed by atoms with Gasteiger partial charge in [-0.1, -0.05) is 17.3 Å². The van der Waals surface area contributed by atoms with Crippen LogP contribution in [-0.4, -0.2) is 46.5 Å². The Balaban J connectivity index is 1.67. The lowest BCUT2D eigenvalue weighted by Gasteiger charge is -2.31. The minimum absolute atomic E-state index is 0.0160. The van der Waals surface area contributed by atoms with Crippen molar-refractivity contribution in [1.29, 1.82) is 0 Å². The Bertz CT molecular complexity index is 709. The fourth-order valence-corrected chi connectivity index (χ4v) is 3.02. The topological polar surface area (TPSA) is 68.5 Å². The fourth-order valence-electron chi connectivity index (χ4n) is 2.88. The number of likely N-dealkylation sites (tertiary alicyclic amines) is 1. The number of ether oxygens (including phenoxy) is 1. The van der Waals surface area contributed by atoms with Crippen molar-refractivity contribution >= 4 is 17.5 Å². The molecule has 128 valence electrons. The molecule has 1 saturated heterocycles. The second-order valence-electron chi connectivity index (χ2n) is 5.90. The molecular formula is C17H20ClN3O3. The molecule has 2 heterocycles. The van der Waals surface area contributed by atoms with Crippen molar-refractivity contribution in [2.45, 2.75) is 31.1 Å². The first kappa shape index (κ1) is 16.8. The molecule has 24 heavy (non-hydrogen) atoms. The van der Waals surface area contributed by atoms with Gasteiger partial charge in [0.15, 0.2) is 0 Å². The van der Waals surface area contributed by atoms with E-state index in [1.807, 2.05) is 24.3 Å². The van der Waals surface area contributed by atoms with Crippen LogP contribution in [0, 0.1) is 0 Å². The van der Waals surface area contributed by atoms with Gasteiger partial charge in [0.2, 0.25) is 17.6 Å². The molecule has 1 unspecified atom stereocenters. The summed E-state index contributed by atoms with van der Waals surface area (Å²) in [5, 5.41) is 3.59. The number of benzene rings is 1. The Morgan fingerprint density at radius 3 is 2.83 bits per heavy atom. The van der Waals surface area contributed by atoms with Gasteiger partial charge in [-0.2, -0.15) is 4.98 Å². The Hall–Kier alpha value is -2.08. The normalized spacial score (nSPS) is 16.9. The summed E-state index contributed by atoms with van der Waals surface area (Å²) >= 11 is 5.87. The van der Waals surface area contributed by atoms with Crippen molar-refractivity contribution in [3.8, 4) is 17.1 Å². The minimum Gasteiger partial charge on any atom is -0.497 e. The summed E-state index contributed by atoms with van der Waals surface area (Å²) in [6.07, 6.45) is 1.60. The molecule has 0 spiro atoms. The first-order valence-electron chi connectivity index (χ1n) is 7.99. The average Bonchev–Trinajstić information content (AvgIpc) is 3.11. The van der Waals surface area contributed by atoms with Crippen molar-refractivity contribution in [1.82, 2.24) is 15.0 Å². The first-order chi connectivity index (χ1) is 11.6. The molecule has 1 aliphatic heterocycles. The number of amides is 1. The highest BCUT2D eigenvalue weighted by Gasteiger charge is 2.29. The van der Waals surface area contributed by atoms with Crippen molar-refractivity contribution in [3.05, 3.63) is 30.2 Å².